The Hall–Kier alpha value is -3.25. The summed E-state index contributed by atoms with van der Waals surface area (Å²) in [5, 5.41) is 3.53. The van der Waals surface area contributed by atoms with Crippen molar-refractivity contribution in [2.24, 2.45) is 0 Å². The van der Waals surface area contributed by atoms with Gasteiger partial charge >= 0.3 is 0 Å². The Kier molecular flexibility index (Phi) is 4.33. The molecule has 2 aromatic carbocycles. The maximum atomic E-state index is 13.7. The number of furan rings is 1. The second kappa shape index (κ2) is 6.93. The average Bonchev–Trinajstić information content (AvgIpc) is 3.34. The monoisotopic (exact) mass is 364 g/mol. The Balaban J connectivity index is 1.57. The third kappa shape index (κ3) is 3.27. The van der Waals surface area contributed by atoms with Crippen LogP contribution in [-0.2, 0) is 0 Å². The Labute approximate surface area is 152 Å². The highest BCUT2D eigenvalue weighted by Crippen LogP contribution is 2.33. The van der Waals surface area contributed by atoms with Crippen LogP contribution in [0.5, 0.6) is 0 Å². The van der Waals surface area contributed by atoms with Crippen molar-refractivity contribution in [2.45, 2.75) is 0 Å². The fourth-order valence-corrected chi connectivity index (χ4v) is 3.39. The molecule has 26 heavy (non-hydrogen) atoms. The van der Waals surface area contributed by atoms with Crippen LogP contribution in [-0.4, -0.2) is 10.9 Å². The van der Waals surface area contributed by atoms with Crippen molar-refractivity contribution < 1.29 is 13.6 Å². The molecular weight excluding hydrogens is 351 g/mol. The van der Waals surface area contributed by atoms with Gasteiger partial charge in [-0.3, -0.25) is 4.79 Å². The SMILES string of the molecule is O=C(Nc1cccc(-c2ncc(-c3ccco3)s2)c1)c1ccccc1F. The number of thiazole rings is 1. The Morgan fingerprint density at radius 1 is 1.08 bits per heavy atom. The summed E-state index contributed by atoms with van der Waals surface area (Å²) in [6.45, 7) is 0. The molecule has 1 N–H and O–H groups in total. The van der Waals surface area contributed by atoms with Crippen LogP contribution in [0.3, 0.4) is 0 Å². The van der Waals surface area contributed by atoms with Crippen molar-refractivity contribution >= 4 is 22.9 Å². The van der Waals surface area contributed by atoms with Gasteiger partial charge < -0.3 is 9.73 Å². The van der Waals surface area contributed by atoms with Gasteiger partial charge in [-0.25, -0.2) is 9.37 Å². The molecule has 4 rings (SSSR count). The maximum Gasteiger partial charge on any atom is 0.258 e. The zero-order valence-corrected chi connectivity index (χ0v) is 14.3. The lowest BCUT2D eigenvalue weighted by atomic mass is 10.1. The first-order chi connectivity index (χ1) is 12.7. The molecule has 0 unspecified atom stereocenters. The first-order valence-corrected chi connectivity index (χ1v) is 8.68. The number of aromatic nitrogens is 1. The predicted octanol–water partition coefficient (Wildman–Crippen LogP) is 5.46. The van der Waals surface area contributed by atoms with E-state index in [1.165, 1.54) is 23.5 Å². The number of nitrogens with zero attached hydrogens (tertiary/aromatic N) is 1. The molecule has 0 bridgehead atoms. The van der Waals surface area contributed by atoms with E-state index in [0.29, 0.717) is 5.69 Å². The minimum absolute atomic E-state index is 0.00672. The largest absolute Gasteiger partial charge is 0.463 e. The van der Waals surface area contributed by atoms with E-state index >= 15 is 0 Å². The van der Waals surface area contributed by atoms with Crippen LogP contribution < -0.4 is 5.32 Å². The molecule has 0 aliphatic heterocycles. The predicted molar refractivity (Wildman–Crippen MR) is 99.6 cm³/mol. The van der Waals surface area contributed by atoms with Crippen LogP contribution in [0, 0.1) is 5.82 Å². The van der Waals surface area contributed by atoms with Crippen LogP contribution in [0.2, 0.25) is 0 Å². The van der Waals surface area contributed by atoms with Crippen molar-refractivity contribution in [1.29, 1.82) is 0 Å². The van der Waals surface area contributed by atoms with Crippen molar-refractivity contribution in [3.8, 4) is 21.2 Å². The van der Waals surface area contributed by atoms with E-state index in [4.69, 9.17) is 4.42 Å². The highest BCUT2D eigenvalue weighted by molar-refractivity contribution is 7.18. The van der Waals surface area contributed by atoms with E-state index in [0.717, 1.165) is 21.2 Å². The zero-order valence-electron chi connectivity index (χ0n) is 13.5. The normalized spacial score (nSPS) is 10.7. The van der Waals surface area contributed by atoms with Gasteiger partial charge in [-0.15, -0.1) is 11.3 Å². The number of carbonyl (C=O) groups excluding carboxylic acids is 1. The number of halogens is 1. The fourth-order valence-electron chi connectivity index (χ4n) is 2.51. The van der Waals surface area contributed by atoms with Crippen LogP contribution in [0.1, 0.15) is 10.4 Å². The van der Waals surface area contributed by atoms with Crippen molar-refractivity contribution in [1.82, 2.24) is 4.98 Å². The molecule has 1 amide bonds. The van der Waals surface area contributed by atoms with Gasteiger partial charge in [0.2, 0.25) is 0 Å². The molecule has 4 aromatic rings. The van der Waals surface area contributed by atoms with Gasteiger partial charge in [-0.1, -0.05) is 24.3 Å². The standard InChI is InChI=1S/C20H13FN2O2S/c21-16-8-2-1-7-15(16)19(24)23-14-6-3-5-13(11-14)20-22-12-18(26-20)17-9-4-10-25-17/h1-12H,(H,23,24). The van der Waals surface area contributed by atoms with Gasteiger partial charge in [-0.2, -0.15) is 0 Å². The Morgan fingerprint density at radius 3 is 2.77 bits per heavy atom. The van der Waals surface area contributed by atoms with E-state index in [1.54, 1.807) is 30.7 Å². The van der Waals surface area contributed by atoms with Gasteiger partial charge in [0.25, 0.3) is 5.91 Å². The van der Waals surface area contributed by atoms with E-state index in [9.17, 15) is 9.18 Å². The first kappa shape index (κ1) is 16.2. The number of rotatable bonds is 4. The molecule has 0 radical (unpaired) electrons. The number of hydrogen-bond acceptors (Lipinski definition) is 4. The maximum absolute atomic E-state index is 13.7. The molecular formula is C20H13FN2O2S. The van der Waals surface area contributed by atoms with Crippen molar-refractivity contribution in [3.05, 3.63) is 84.5 Å². The fraction of sp³-hybridized carbons (Fsp3) is 0. The van der Waals surface area contributed by atoms with Crippen molar-refractivity contribution in [3.63, 3.8) is 0 Å². The number of nitrogens with one attached hydrogen (secondary N) is 1. The van der Waals surface area contributed by atoms with Gasteiger partial charge in [0.1, 0.15) is 16.6 Å². The molecule has 0 aliphatic rings. The summed E-state index contributed by atoms with van der Waals surface area (Å²) < 4.78 is 19.1. The van der Waals surface area contributed by atoms with Gasteiger partial charge in [-0.05, 0) is 36.4 Å². The lowest BCUT2D eigenvalue weighted by molar-refractivity contribution is 0.102. The molecule has 0 saturated heterocycles. The third-order valence-electron chi connectivity index (χ3n) is 3.76. The molecule has 0 saturated carbocycles. The third-order valence-corrected chi connectivity index (χ3v) is 4.82. The highest BCUT2D eigenvalue weighted by Gasteiger charge is 2.12. The van der Waals surface area contributed by atoms with E-state index < -0.39 is 11.7 Å². The number of amides is 1. The molecule has 0 fully saturated rings. The second-order valence-electron chi connectivity index (χ2n) is 5.52. The van der Waals surface area contributed by atoms with E-state index in [1.807, 2.05) is 30.3 Å². The van der Waals surface area contributed by atoms with Gasteiger partial charge in [0.05, 0.1) is 16.7 Å². The minimum atomic E-state index is -0.552. The lowest BCUT2D eigenvalue weighted by Gasteiger charge is -2.07. The summed E-state index contributed by atoms with van der Waals surface area (Å²) >= 11 is 1.49. The Morgan fingerprint density at radius 2 is 1.96 bits per heavy atom. The number of carbonyl (C=O) groups is 1. The highest BCUT2D eigenvalue weighted by atomic mass is 32.1. The number of anilines is 1. The van der Waals surface area contributed by atoms with Crippen LogP contribution in [0.4, 0.5) is 10.1 Å². The smallest absolute Gasteiger partial charge is 0.258 e. The molecule has 0 aliphatic carbocycles. The van der Waals surface area contributed by atoms with E-state index in [2.05, 4.69) is 10.3 Å². The molecule has 4 nitrogen and oxygen atoms in total. The summed E-state index contributed by atoms with van der Waals surface area (Å²) in [6, 6.07) is 16.9. The summed E-state index contributed by atoms with van der Waals surface area (Å²) in [4.78, 5) is 17.6. The van der Waals surface area contributed by atoms with Gasteiger partial charge in [0.15, 0.2) is 0 Å². The van der Waals surface area contributed by atoms with Gasteiger partial charge in [0, 0.05) is 17.4 Å². The topological polar surface area (TPSA) is 55.1 Å². The average molecular weight is 364 g/mol. The minimum Gasteiger partial charge on any atom is -0.463 e. The summed E-state index contributed by atoms with van der Waals surface area (Å²) in [5.41, 5.74) is 1.44. The molecule has 2 heterocycles. The second-order valence-corrected chi connectivity index (χ2v) is 6.55. The van der Waals surface area contributed by atoms with Crippen molar-refractivity contribution in [2.75, 3.05) is 5.32 Å². The molecule has 6 heteroatoms. The summed E-state index contributed by atoms with van der Waals surface area (Å²) in [7, 11) is 0. The lowest BCUT2D eigenvalue weighted by Crippen LogP contribution is -2.13. The summed E-state index contributed by atoms with van der Waals surface area (Å²) in [6.07, 6.45) is 3.37. The molecule has 0 atom stereocenters. The zero-order chi connectivity index (χ0) is 17.9. The number of hydrogen-bond donors (Lipinski definition) is 1. The molecule has 128 valence electrons. The van der Waals surface area contributed by atoms with Crippen LogP contribution >= 0.6 is 11.3 Å². The van der Waals surface area contributed by atoms with Crippen LogP contribution in [0.15, 0.2) is 77.5 Å². The molecule has 2 aromatic heterocycles. The number of benzene rings is 2. The molecule has 0 spiro atoms. The van der Waals surface area contributed by atoms with Crippen LogP contribution in [0.25, 0.3) is 21.2 Å². The Bertz CT molecular complexity index is 1060. The first-order valence-electron chi connectivity index (χ1n) is 7.87. The summed E-state index contributed by atoms with van der Waals surface area (Å²) in [5.74, 6) is -0.280. The van der Waals surface area contributed by atoms with E-state index in [-0.39, 0.29) is 5.56 Å². The quantitative estimate of drug-likeness (QED) is 0.523.